The number of anilines is 3. The van der Waals surface area contributed by atoms with E-state index in [9.17, 15) is 0 Å². The van der Waals surface area contributed by atoms with Crippen LogP contribution < -0.4 is 16.4 Å². The fraction of sp³-hybridized carbons (Fsp3) is 0.368. The van der Waals surface area contributed by atoms with Gasteiger partial charge in [0.1, 0.15) is 0 Å². The fourth-order valence-electron chi connectivity index (χ4n) is 3.01. The van der Waals surface area contributed by atoms with E-state index in [1.807, 2.05) is 18.2 Å². The predicted molar refractivity (Wildman–Crippen MR) is 94.6 cm³/mol. The molecule has 22 heavy (non-hydrogen) atoms. The minimum atomic E-state index is 0.430. The molecule has 2 aromatic carbocycles. The molecule has 0 spiro atoms. The lowest BCUT2D eigenvalue weighted by Gasteiger charge is -2.26. The van der Waals surface area contributed by atoms with Crippen molar-refractivity contribution in [1.29, 1.82) is 0 Å². The van der Waals surface area contributed by atoms with Crippen molar-refractivity contribution < 1.29 is 0 Å². The molecule has 0 aromatic heterocycles. The van der Waals surface area contributed by atoms with Gasteiger partial charge in [0.05, 0.1) is 0 Å². The Balaban J connectivity index is 1.49. The summed E-state index contributed by atoms with van der Waals surface area (Å²) in [5.74, 6) is 0.766. The molecule has 0 atom stereocenters. The van der Waals surface area contributed by atoms with Gasteiger partial charge in [-0.3, -0.25) is 0 Å². The third kappa shape index (κ3) is 4.25. The SMILES string of the molecule is N[C@H]1CC[C@H](CNc2ccc(Nc3ccccc3)cc2)CC1. The molecule has 116 valence electrons. The van der Waals surface area contributed by atoms with Gasteiger partial charge in [-0.05, 0) is 68.0 Å². The molecule has 3 nitrogen and oxygen atoms in total. The number of rotatable bonds is 5. The summed E-state index contributed by atoms with van der Waals surface area (Å²) in [4.78, 5) is 0. The third-order valence-electron chi connectivity index (χ3n) is 4.43. The van der Waals surface area contributed by atoms with Crippen LogP contribution in [0.2, 0.25) is 0 Å². The zero-order valence-electron chi connectivity index (χ0n) is 13.0. The summed E-state index contributed by atoms with van der Waals surface area (Å²) in [6, 6.07) is 19.2. The summed E-state index contributed by atoms with van der Waals surface area (Å²) in [5, 5.41) is 6.95. The largest absolute Gasteiger partial charge is 0.385 e. The van der Waals surface area contributed by atoms with Gasteiger partial charge < -0.3 is 16.4 Å². The molecule has 0 bridgehead atoms. The van der Waals surface area contributed by atoms with E-state index in [2.05, 4.69) is 47.0 Å². The van der Waals surface area contributed by atoms with Crippen LogP contribution >= 0.6 is 0 Å². The molecule has 1 aliphatic rings. The van der Waals surface area contributed by atoms with Gasteiger partial charge in [-0.2, -0.15) is 0 Å². The van der Waals surface area contributed by atoms with Crippen molar-refractivity contribution in [2.24, 2.45) is 11.7 Å². The third-order valence-corrected chi connectivity index (χ3v) is 4.43. The first-order valence-corrected chi connectivity index (χ1v) is 8.21. The zero-order chi connectivity index (χ0) is 15.2. The minimum Gasteiger partial charge on any atom is -0.385 e. The highest BCUT2D eigenvalue weighted by Gasteiger charge is 2.17. The first-order valence-electron chi connectivity index (χ1n) is 8.21. The van der Waals surface area contributed by atoms with Crippen LogP contribution in [0.15, 0.2) is 54.6 Å². The molecule has 3 rings (SSSR count). The molecule has 0 heterocycles. The molecule has 1 aliphatic carbocycles. The van der Waals surface area contributed by atoms with Crippen LogP contribution in [-0.4, -0.2) is 12.6 Å². The number of benzene rings is 2. The summed E-state index contributed by atoms with van der Waals surface area (Å²) in [5.41, 5.74) is 9.37. The highest BCUT2D eigenvalue weighted by molar-refractivity contribution is 5.62. The maximum atomic E-state index is 5.96. The summed E-state index contributed by atoms with van der Waals surface area (Å²) in [6.45, 7) is 1.05. The van der Waals surface area contributed by atoms with Gasteiger partial charge in [-0.1, -0.05) is 18.2 Å². The van der Waals surface area contributed by atoms with E-state index in [-0.39, 0.29) is 0 Å². The summed E-state index contributed by atoms with van der Waals surface area (Å²) in [6.07, 6.45) is 4.85. The second-order valence-corrected chi connectivity index (χ2v) is 6.23. The maximum Gasteiger partial charge on any atom is 0.0385 e. The van der Waals surface area contributed by atoms with Gasteiger partial charge in [0.2, 0.25) is 0 Å². The highest BCUT2D eigenvalue weighted by atomic mass is 14.9. The van der Waals surface area contributed by atoms with E-state index in [4.69, 9.17) is 5.73 Å². The Hall–Kier alpha value is -2.00. The fourth-order valence-corrected chi connectivity index (χ4v) is 3.01. The smallest absolute Gasteiger partial charge is 0.0385 e. The van der Waals surface area contributed by atoms with Crippen molar-refractivity contribution in [2.45, 2.75) is 31.7 Å². The normalized spacial score (nSPS) is 21.3. The van der Waals surface area contributed by atoms with E-state index in [1.54, 1.807) is 0 Å². The van der Waals surface area contributed by atoms with Crippen LogP contribution in [0.1, 0.15) is 25.7 Å². The van der Waals surface area contributed by atoms with Crippen LogP contribution in [0.3, 0.4) is 0 Å². The molecular formula is C19H25N3. The Morgan fingerprint density at radius 3 is 2.05 bits per heavy atom. The molecule has 0 radical (unpaired) electrons. The van der Waals surface area contributed by atoms with Crippen LogP contribution in [0.25, 0.3) is 0 Å². The average molecular weight is 295 g/mol. The first-order chi connectivity index (χ1) is 10.8. The minimum absolute atomic E-state index is 0.430. The molecule has 1 fully saturated rings. The monoisotopic (exact) mass is 295 g/mol. The van der Waals surface area contributed by atoms with Crippen molar-refractivity contribution in [3.63, 3.8) is 0 Å². The molecular weight excluding hydrogens is 270 g/mol. The summed E-state index contributed by atoms with van der Waals surface area (Å²) in [7, 11) is 0. The highest BCUT2D eigenvalue weighted by Crippen LogP contribution is 2.24. The lowest BCUT2D eigenvalue weighted by atomic mass is 9.86. The van der Waals surface area contributed by atoms with E-state index < -0.39 is 0 Å². The Morgan fingerprint density at radius 2 is 1.36 bits per heavy atom. The topological polar surface area (TPSA) is 50.1 Å². The molecule has 0 saturated heterocycles. The zero-order valence-corrected chi connectivity index (χ0v) is 13.0. The molecule has 2 aromatic rings. The predicted octanol–water partition coefficient (Wildman–Crippen LogP) is 4.36. The lowest BCUT2D eigenvalue weighted by molar-refractivity contribution is 0.339. The van der Waals surface area contributed by atoms with Gasteiger partial charge in [0.25, 0.3) is 0 Å². The van der Waals surface area contributed by atoms with Crippen LogP contribution in [0.4, 0.5) is 17.1 Å². The second kappa shape index (κ2) is 7.32. The average Bonchev–Trinajstić information content (AvgIpc) is 2.57. The van der Waals surface area contributed by atoms with Crippen molar-refractivity contribution in [3.8, 4) is 0 Å². The number of hydrogen-bond acceptors (Lipinski definition) is 3. The lowest BCUT2D eigenvalue weighted by Crippen LogP contribution is -2.29. The van der Waals surface area contributed by atoms with E-state index in [1.165, 1.54) is 31.4 Å². The number of para-hydroxylation sites is 1. The van der Waals surface area contributed by atoms with E-state index in [0.717, 1.165) is 23.8 Å². The Kier molecular flexibility index (Phi) is 4.96. The molecule has 0 unspecified atom stereocenters. The number of nitrogens with one attached hydrogen (secondary N) is 2. The van der Waals surface area contributed by atoms with Crippen LogP contribution in [0, 0.1) is 5.92 Å². The summed E-state index contributed by atoms with van der Waals surface area (Å²) < 4.78 is 0. The number of hydrogen-bond donors (Lipinski definition) is 3. The quantitative estimate of drug-likeness (QED) is 0.768. The van der Waals surface area contributed by atoms with Gasteiger partial charge in [0.15, 0.2) is 0 Å². The van der Waals surface area contributed by atoms with E-state index >= 15 is 0 Å². The van der Waals surface area contributed by atoms with Gasteiger partial charge in [-0.25, -0.2) is 0 Å². The van der Waals surface area contributed by atoms with E-state index in [0.29, 0.717) is 6.04 Å². The maximum absolute atomic E-state index is 5.96. The molecule has 0 aliphatic heterocycles. The Bertz CT molecular complexity index is 557. The van der Waals surface area contributed by atoms with Crippen molar-refractivity contribution in [2.75, 3.05) is 17.2 Å². The van der Waals surface area contributed by atoms with Crippen LogP contribution in [0.5, 0.6) is 0 Å². The Labute approximate surface area is 132 Å². The molecule has 4 N–H and O–H groups in total. The molecule has 1 saturated carbocycles. The second-order valence-electron chi connectivity index (χ2n) is 6.23. The van der Waals surface area contributed by atoms with Crippen molar-refractivity contribution in [3.05, 3.63) is 54.6 Å². The standard InChI is InChI=1S/C19H25N3/c20-16-8-6-15(7-9-16)14-21-17-10-12-19(13-11-17)22-18-4-2-1-3-5-18/h1-5,10-13,15-16,21-22H,6-9,14,20H2/t15-,16-. The van der Waals surface area contributed by atoms with Gasteiger partial charge in [0, 0.05) is 29.6 Å². The molecule has 0 amide bonds. The molecule has 3 heteroatoms. The Morgan fingerprint density at radius 1 is 0.773 bits per heavy atom. The van der Waals surface area contributed by atoms with Gasteiger partial charge >= 0.3 is 0 Å². The summed E-state index contributed by atoms with van der Waals surface area (Å²) >= 11 is 0. The first kappa shape index (κ1) is 14.9. The van der Waals surface area contributed by atoms with Gasteiger partial charge in [-0.15, -0.1) is 0 Å². The van der Waals surface area contributed by atoms with Crippen molar-refractivity contribution >= 4 is 17.1 Å². The number of nitrogens with two attached hydrogens (primary N) is 1. The van der Waals surface area contributed by atoms with Crippen LogP contribution in [-0.2, 0) is 0 Å². The van der Waals surface area contributed by atoms with Crippen molar-refractivity contribution in [1.82, 2.24) is 0 Å².